The first-order chi connectivity index (χ1) is 14.9. The molecule has 1 heterocycles. The summed E-state index contributed by atoms with van der Waals surface area (Å²) in [6.07, 6.45) is 1.74. The lowest BCUT2D eigenvalue weighted by atomic mass is 10.1. The number of hydrogen-bond acceptors (Lipinski definition) is 4. The van der Waals surface area contributed by atoms with Crippen LogP contribution in [0.5, 0.6) is 0 Å². The van der Waals surface area contributed by atoms with Crippen molar-refractivity contribution in [2.24, 2.45) is 0 Å². The number of pyridine rings is 1. The molecule has 0 saturated carbocycles. The monoisotopic (exact) mass is 498 g/mol. The fourth-order valence-electron chi connectivity index (χ4n) is 3.25. The Hall–Kier alpha value is -2.83. The summed E-state index contributed by atoms with van der Waals surface area (Å²) in [6, 6.07) is 18.8. The highest BCUT2D eigenvalue weighted by Crippen LogP contribution is 2.30. The summed E-state index contributed by atoms with van der Waals surface area (Å²) in [6.45, 7) is 0.677. The lowest BCUT2D eigenvalue weighted by Gasteiger charge is -2.15. The van der Waals surface area contributed by atoms with E-state index in [-0.39, 0.29) is 5.02 Å². The molecule has 158 valence electrons. The van der Waals surface area contributed by atoms with Gasteiger partial charge in [-0.05, 0) is 60.2 Å². The van der Waals surface area contributed by atoms with Gasteiger partial charge in [0.1, 0.15) is 5.82 Å². The summed E-state index contributed by atoms with van der Waals surface area (Å²) in [5.74, 6) is -0.442. The second-order valence-electron chi connectivity index (χ2n) is 7.37. The first-order valence-electron chi connectivity index (χ1n) is 9.71. The zero-order valence-electron chi connectivity index (χ0n) is 17.1. The van der Waals surface area contributed by atoms with Gasteiger partial charge in [0.05, 0.1) is 10.5 Å². The normalized spacial score (nSPS) is 10.9. The molecule has 0 amide bonds. The van der Waals surface area contributed by atoms with Crippen LogP contribution in [0.1, 0.15) is 5.56 Å². The number of fused-ring (bicyclic) bond motifs is 1. The summed E-state index contributed by atoms with van der Waals surface area (Å²) in [5, 5.41) is 7.83. The molecule has 0 radical (unpaired) electrons. The van der Waals surface area contributed by atoms with Gasteiger partial charge in [0.15, 0.2) is 0 Å². The molecule has 0 saturated heterocycles. The van der Waals surface area contributed by atoms with E-state index in [9.17, 15) is 4.39 Å². The van der Waals surface area contributed by atoms with Crippen molar-refractivity contribution in [1.82, 2.24) is 4.98 Å². The van der Waals surface area contributed by atoms with Crippen LogP contribution in [0.25, 0.3) is 10.9 Å². The van der Waals surface area contributed by atoms with E-state index >= 15 is 0 Å². The second-order valence-corrected chi connectivity index (χ2v) is 8.63. The van der Waals surface area contributed by atoms with Gasteiger partial charge in [-0.25, -0.2) is 4.39 Å². The number of rotatable bonds is 6. The highest BCUT2D eigenvalue weighted by molar-refractivity contribution is 9.10. The van der Waals surface area contributed by atoms with Crippen molar-refractivity contribution in [1.29, 1.82) is 0 Å². The molecule has 0 aliphatic heterocycles. The molecule has 3 aromatic carbocycles. The summed E-state index contributed by atoms with van der Waals surface area (Å²) in [5.41, 5.74) is 5.72. The van der Waals surface area contributed by atoms with Gasteiger partial charge < -0.3 is 15.5 Å². The number of hydrogen-bond donors (Lipinski definition) is 2. The number of nitrogens with one attached hydrogen (secondary N) is 2. The molecular formula is C24H21BrClFN4. The molecular weight excluding hydrogens is 479 g/mol. The SMILES string of the molecule is CN(C)c1ccc(CNc2ccc3nccc(Nc4ccc(F)c(Cl)c4)c3c2)c(Br)c1. The third kappa shape index (κ3) is 4.92. The van der Waals surface area contributed by atoms with Gasteiger partial charge in [-0.3, -0.25) is 4.98 Å². The lowest BCUT2D eigenvalue weighted by Crippen LogP contribution is -2.09. The van der Waals surface area contributed by atoms with Crippen molar-refractivity contribution in [3.05, 3.63) is 87.7 Å². The van der Waals surface area contributed by atoms with Gasteiger partial charge in [0, 0.05) is 59.4 Å². The highest BCUT2D eigenvalue weighted by atomic mass is 79.9. The van der Waals surface area contributed by atoms with E-state index in [1.165, 1.54) is 6.07 Å². The predicted molar refractivity (Wildman–Crippen MR) is 132 cm³/mol. The van der Waals surface area contributed by atoms with E-state index in [0.29, 0.717) is 12.2 Å². The van der Waals surface area contributed by atoms with Crippen molar-refractivity contribution >= 4 is 61.2 Å². The molecule has 4 rings (SSSR count). The van der Waals surface area contributed by atoms with Crippen molar-refractivity contribution < 1.29 is 4.39 Å². The Balaban J connectivity index is 1.57. The van der Waals surface area contributed by atoms with Crippen LogP contribution in [-0.4, -0.2) is 19.1 Å². The van der Waals surface area contributed by atoms with Crippen LogP contribution in [0.15, 0.2) is 71.3 Å². The van der Waals surface area contributed by atoms with Crippen LogP contribution in [0.2, 0.25) is 5.02 Å². The summed E-state index contributed by atoms with van der Waals surface area (Å²) < 4.78 is 14.5. The second kappa shape index (κ2) is 9.12. The Morgan fingerprint density at radius 2 is 1.81 bits per heavy atom. The van der Waals surface area contributed by atoms with Crippen LogP contribution < -0.4 is 15.5 Å². The zero-order valence-corrected chi connectivity index (χ0v) is 19.4. The maximum atomic E-state index is 13.5. The number of benzene rings is 3. The van der Waals surface area contributed by atoms with Crippen LogP contribution in [0.4, 0.5) is 27.1 Å². The van der Waals surface area contributed by atoms with E-state index in [4.69, 9.17) is 11.6 Å². The fraction of sp³-hybridized carbons (Fsp3) is 0.125. The number of aromatic nitrogens is 1. The molecule has 0 fully saturated rings. The van der Waals surface area contributed by atoms with E-state index in [0.717, 1.165) is 38.0 Å². The minimum absolute atomic E-state index is 0.0802. The van der Waals surface area contributed by atoms with E-state index in [1.807, 2.05) is 32.3 Å². The van der Waals surface area contributed by atoms with Crippen LogP contribution in [0, 0.1) is 5.82 Å². The minimum atomic E-state index is -0.442. The minimum Gasteiger partial charge on any atom is -0.381 e. The smallest absolute Gasteiger partial charge is 0.141 e. The van der Waals surface area contributed by atoms with Gasteiger partial charge >= 0.3 is 0 Å². The van der Waals surface area contributed by atoms with Crippen molar-refractivity contribution in [3.8, 4) is 0 Å². The molecule has 7 heteroatoms. The predicted octanol–water partition coefficient (Wildman–Crippen LogP) is 7.21. The molecule has 31 heavy (non-hydrogen) atoms. The van der Waals surface area contributed by atoms with Crippen LogP contribution in [-0.2, 0) is 6.54 Å². The Morgan fingerprint density at radius 1 is 1.00 bits per heavy atom. The standard InChI is InChI=1S/C24H21BrClFN4/c1-31(2)18-6-3-15(20(25)13-18)14-29-16-5-8-23-19(11-16)24(9-10-28-23)30-17-4-7-22(27)21(26)12-17/h3-13,29H,14H2,1-2H3,(H,28,30). The number of halogens is 3. The van der Waals surface area contributed by atoms with Gasteiger partial charge in [-0.15, -0.1) is 0 Å². The van der Waals surface area contributed by atoms with Crippen molar-refractivity contribution in [3.63, 3.8) is 0 Å². The zero-order chi connectivity index (χ0) is 22.0. The molecule has 0 atom stereocenters. The maximum absolute atomic E-state index is 13.5. The van der Waals surface area contributed by atoms with Gasteiger partial charge in [-0.1, -0.05) is 33.6 Å². The van der Waals surface area contributed by atoms with E-state index < -0.39 is 5.82 Å². The maximum Gasteiger partial charge on any atom is 0.141 e. The van der Waals surface area contributed by atoms with Crippen molar-refractivity contribution in [2.75, 3.05) is 29.6 Å². The molecule has 0 bridgehead atoms. The molecule has 2 N–H and O–H groups in total. The van der Waals surface area contributed by atoms with Gasteiger partial charge in [0.2, 0.25) is 0 Å². The topological polar surface area (TPSA) is 40.2 Å². The molecule has 0 aliphatic rings. The van der Waals surface area contributed by atoms with Crippen molar-refractivity contribution in [2.45, 2.75) is 6.54 Å². The molecule has 0 aliphatic carbocycles. The number of nitrogens with zero attached hydrogens (tertiary/aromatic N) is 2. The summed E-state index contributed by atoms with van der Waals surface area (Å²) in [7, 11) is 4.04. The van der Waals surface area contributed by atoms with Gasteiger partial charge in [0.25, 0.3) is 0 Å². The lowest BCUT2D eigenvalue weighted by molar-refractivity contribution is 0.628. The molecule has 0 spiro atoms. The van der Waals surface area contributed by atoms with Crippen LogP contribution >= 0.6 is 27.5 Å². The number of anilines is 4. The Morgan fingerprint density at radius 3 is 2.55 bits per heavy atom. The summed E-state index contributed by atoms with van der Waals surface area (Å²) in [4.78, 5) is 6.52. The molecule has 4 aromatic rings. The molecule has 4 nitrogen and oxygen atoms in total. The largest absolute Gasteiger partial charge is 0.381 e. The first-order valence-corrected chi connectivity index (χ1v) is 10.9. The highest BCUT2D eigenvalue weighted by Gasteiger charge is 2.07. The Bertz CT molecular complexity index is 1250. The van der Waals surface area contributed by atoms with Crippen LogP contribution in [0.3, 0.4) is 0 Å². The first kappa shape index (κ1) is 21.4. The van der Waals surface area contributed by atoms with Gasteiger partial charge in [-0.2, -0.15) is 0 Å². The average Bonchev–Trinajstić information content (AvgIpc) is 2.75. The third-order valence-electron chi connectivity index (χ3n) is 4.98. The average molecular weight is 500 g/mol. The molecule has 1 aromatic heterocycles. The van der Waals surface area contributed by atoms with E-state index in [1.54, 1.807) is 18.3 Å². The Labute approximate surface area is 194 Å². The summed E-state index contributed by atoms with van der Waals surface area (Å²) >= 11 is 9.58. The fourth-order valence-corrected chi connectivity index (χ4v) is 3.94. The Kier molecular flexibility index (Phi) is 6.30. The quantitative estimate of drug-likeness (QED) is 0.294. The van der Waals surface area contributed by atoms with E-state index in [2.05, 4.69) is 60.7 Å². The third-order valence-corrected chi connectivity index (χ3v) is 6.00. The molecule has 0 unspecified atom stereocenters.